The molecular weight excluding hydrogens is 240 g/mol. The van der Waals surface area contributed by atoms with Gasteiger partial charge in [0, 0.05) is 0 Å². The maximum Gasteiger partial charge on any atom is -0.00935 e. The summed E-state index contributed by atoms with van der Waals surface area (Å²) in [7, 11) is 0. The minimum Gasteiger partial charge on any atom is -0.0993 e. The lowest BCUT2D eigenvalue weighted by molar-refractivity contribution is 0.274. The van der Waals surface area contributed by atoms with Crippen molar-refractivity contribution in [2.24, 2.45) is 5.41 Å². The zero-order chi connectivity index (χ0) is 15.0. The molecule has 0 atom stereocenters. The summed E-state index contributed by atoms with van der Waals surface area (Å²) < 4.78 is 0. The number of hydrogen-bond donors (Lipinski definition) is 0. The van der Waals surface area contributed by atoms with Gasteiger partial charge < -0.3 is 0 Å². The van der Waals surface area contributed by atoms with Gasteiger partial charge in [-0.2, -0.15) is 0 Å². The Morgan fingerprint density at radius 1 is 1.05 bits per heavy atom. The van der Waals surface area contributed by atoms with Crippen molar-refractivity contribution in [3.8, 4) is 0 Å². The molecule has 0 saturated carbocycles. The summed E-state index contributed by atoms with van der Waals surface area (Å²) in [6.07, 6.45) is 8.63. The lowest BCUT2D eigenvalue weighted by atomic mass is 9.70. The van der Waals surface area contributed by atoms with Gasteiger partial charge in [0.2, 0.25) is 0 Å². The molecule has 0 heterocycles. The van der Waals surface area contributed by atoms with Crippen molar-refractivity contribution in [1.82, 2.24) is 0 Å². The van der Waals surface area contributed by atoms with Crippen LogP contribution in [0.4, 0.5) is 0 Å². The predicted octanol–water partition coefficient (Wildman–Crippen LogP) is 6.48. The molecular formula is C20H32. The second-order valence-electron chi connectivity index (χ2n) is 6.16. The predicted molar refractivity (Wildman–Crippen MR) is 91.2 cm³/mol. The summed E-state index contributed by atoms with van der Waals surface area (Å²) >= 11 is 0. The van der Waals surface area contributed by atoms with Crippen LogP contribution in [0.5, 0.6) is 0 Å². The Bertz CT molecular complexity index is 408. The Morgan fingerprint density at radius 3 is 2.15 bits per heavy atom. The Hall–Kier alpha value is -1.04. The molecule has 1 aromatic rings. The fourth-order valence-corrected chi connectivity index (χ4v) is 3.48. The van der Waals surface area contributed by atoms with Gasteiger partial charge in [-0.1, -0.05) is 70.0 Å². The Labute approximate surface area is 126 Å². The van der Waals surface area contributed by atoms with Crippen LogP contribution in [0.1, 0.15) is 70.4 Å². The standard InChI is InChI=1S/C20H32/c1-6-15-20(8-3,16-7-2)18(5)13-14-19-12-10-9-11-17(19)4/h9-12H,5-8,13-16H2,1-4H3. The molecule has 112 valence electrons. The number of benzene rings is 1. The first-order valence-electron chi connectivity index (χ1n) is 8.32. The highest BCUT2D eigenvalue weighted by Crippen LogP contribution is 2.42. The van der Waals surface area contributed by atoms with E-state index < -0.39 is 0 Å². The summed E-state index contributed by atoms with van der Waals surface area (Å²) in [5.74, 6) is 0. The summed E-state index contributed by atoms with van der Waals surface area (Å²) in [4.78, 5) is 0. The highest BCUT2D eigenvalue weighted by atomic mass is 14.3. The van der Waals surface area contributed by atoms with Gasteiger partial charge in [0.15, 0.2) is 0 Å². The van der Waals surface area contributed by atoms with Crippen molar-refractivity contribution < 1.29 is 0 Å². The van der Waals surface area contributed by atoms with E-state index in [2.05, 4.69) is 58.5 Å². The third kappa shape index (κ3) is 4.23. The van der Waals surface area contributed by atoms with E-state index in [-0.39, 0.29) is 0 Å². The Balaban J connectivity index is 2.74. The molecule has 0 aliphatic carbocycles. The topological polar surface area (TPSA) is 0 Å². The maximum absolute atomic E-state index is 4.48. The zero-order valence-corrected chi connectivity index (χ0v) is 14.0. The highest BCUT2D eigenvalue weighted by Gasteiger charge is 2.28. The molecule has 0 amide bonds. The fourth-order valence-electron chi connectivity index (χ4n) is 3.48. The minimum atomic E-state index is 0.381. The smallest absolute Gasteiger partial charge is 0.00935 e. The van der Waals surface area contributed by atoms with Crippen molar-refractivity contribution in [2.45, 2.75) is 72.6 Å². The minimum absolute atomic E-state index is 0.381. The van der Waals surface area contributed by atoms with E-state index in [1.807, 2.05) is 0 Å². The number of allylic oxidation sites excluding steroid dienone is 1. The van der Waals surface area contributed by atoms with Crippen LogP contribution in [-0.4, -0.2) is 0 Å². The zero-order valence-electron chi connectivity index (χ0n) is 14.0. The van der Waals surface area contributed by atoms with Gasteiger partial charge in [-0.15, -0.1) is 0 Å². The molecule has 0 heteroatoms. The molecule has 0 radical (unpaired) electrons. The van der Waals surface area contributed by atoms with Crippen molar-refractivity contribution in [3.05, 3.63) is 47.5 Å². The molecule has 0 aromatic heterocycles. The van der Waals surface area contributed by atoms with E-state index in [0.717, 1.165) is 12.8 Å². The second-order valence-corrected chi connectivity index (χ2v) is 6.16. The largest absolute Gasteiger partial charge is 0.0993 e. The third-order valence-corrected chi connectivity index (χ3v) is 4.84. The molecule has 0 aliphatic rings. The van der Waals surface area contributed by atoms with E-state index >= 15 is 0 Å². The van der Waals surface area contributed by atoms with Crippen LogP contribution in [0.15, 0.2) is 36.4 Å². The van der Waals surface area contributed by atoms with Gasteiger partial charge in [0.05, 0.1) is 0 Å². The van der Waals surface area contributed by atoms with Crippen LogP contribution < -0.4 is 0 Å². The molecule has 0 spiro atoms. The van der Waals surface area contributed by atoms with E-state index in [1.165, 1.54) is 48.8 Å². The average molecular weight is 272 g/mol. The average Bonchev–Trinajstić information content (AvgIpc) is 2.45. The summed E-state index contributed by atoms with van der Waals surface area (Å²) in [6.45, 7) is 13.6. The van der Waals surface area contributed by atoms with Gasteiger partial charge in [0.1, 0.15) is 0 Å². The molecule has 0 aliphatic heterocycles. The van der Waals surface area contributed by atoms with Crippen LogP contribution >= 0.6 is 0 Å². The normalized spacial score (nSPS) is 11.6. The van der Waals surface area contributed by atoms with E-state index in [1.54, 1.807) is 0 Å². The monoisotopic (exact) mass is 272 g/mol. The number of hydrogen-bond acceptors (Lipinski definition) is 0. The number of aryl methyl sites for hydroxylation is 2. The first kappa shape index (κ1) is 17.0. The summed E-state index contributed by atoms with van der Waals surface area (Å²) in [5, 5.41) is 0. The molecule has 20 heavy (non-hydrogen) atoms. The van der Waals surface area contributed by atoms with Crippen LogP contribution in [0.25, 0.3) is 0 Å². The Morgan fingerprint density at radius 2 is 1.65 bits per heavy atom. The first-order chi connectivity index (χ1) is 9.59. The van der Waals surface area contributed by atoms with Gasteiger partial charge in [-0.05, 0) is 55.6 Å². The molecule has 1 aromatic carbocycles. The van der Waals surface area contributed by atoms with E-state index in [9.17, 15) is 0 Å². The molecule has 1 rings (SSSR count). The van der Waals surface area contributed by atoms with Crippen LogP contribution in [-0.2, 0) is 6.42 Å². The second kappa shape index (κ2) is 8.29. The van der Waals surface area contributed by atoms with Crippen LogP contribution in [0.3, 0.4) is 0 Å². The Kier molecular flexibility index (Phi) is 7.05. The quantitative estimate of drug-likeness (QED) is 0.451. The van der Waals surface area contributed by atoms with Crippen molar-refractivity contribution >= 4 is 0 Å². The molecule has 0 saturated heterocycles. The van der Waals surface area contributed by atoms with Crippen molar-refractivity contribution in [3.63, 3.8) is 0 Å². The third-order valence-electron chi connectivity index (χ3n) is 4.84. The lowest BCUT2D eigenvalue weighted by Crippen LogP contribution is -2.22. The van der Waals surface area contributed by atoms with Crippen LogP contribution in [0, 0.1) is 12.3 Å². The van der Waals surface area contributed by atoms with Gasteiger partial charge in [-0.25, -0.2) is 0 Å². The summed E-state index contributed by atoms with van der Waals surface area (Å²) in [5.41, 5.74) is 4.75. The first-order valence-corrected chi connectivity index (χ1v) is 8.32. The SMILES string of the molecule is C=C(CCc1ccccc1C)C(CC)(CCC)CCC. The number of rotatable bonds is 9. The van der Waals surface area contributed by atoms with Crippen molar-refractivity contribution in [1.29, 1.82) is 0 Å². The van der Waals surface area contributed by atoms with Gasteiger partial charge >= 0.3 is 0 Å². The highest BCUT2D eigenvalue weighted by molar-refractivity contribution is 5.27. The van der Waals surface area contributed by atoms with E-state index in [4.69, 9.17) is 0 Å². The molecule has 0 N–H and O–H groups in total. The summed E-state index contributed by atoms with van der Waals surface area (Å²) in [6, 6.07) is 8.74. The van der Waals surface area contributed by atoms with Gasteiger partial charge in [-0.3, -0.25) is 0 Å². The van der Waals surface area contributed by atoms with Crippen molar-refractivity contribution in [2.75, 3.05) is 0 Å². The van der Waals surface area contributed by atoms with Crippen LogP contribution in [0.2, 0.25) is 0 Å². The molecule has 0 unspecified atom stereocenters. The lowest BCUT2D eigenvalue weighted by Gasteiger charge is -2.35. The molecule has 0 fully saturated rings. The maximum atomic E-state index is 4.48. The fraction of sp³-hybridized carbons (Fsp3) is 0.600. The molecule has 0 bridgehead atoms. The molecule has 0 nitrogen and oxygen atoms in total. The van der Waals surface area contributed by atoms with E-state index in [0.29, 0.717) is 5.41 Å². The van der Waals surface area contributed by atoms with Gasteiger partial charge in [0.25, 0.3) is 0 Å².